The van der Waals surface area contributed by atoms with Crippen molar-refractivity contribution in [2.24, 2.45) is 0 Å². The predicted octanol–water partition coefficient (Wildman–Crippen LogP) is 5.57. The first kappa shape index (κ1) is 16.8. The van der Waals surface area contributed by atoms with Crippen LogP contribution in [0.3, 0.4) is 0 Å². The largest absolute Gasteiger partial charge is 0.161 e. The highest BCUT2D eigenvalue weighted by Gasteiger charge is 1.84. The van der Waals surface area contributed by atoms with E-state index < -0.39 is 0 Å². The molecular weight excluding hydrogens is 236 g/mol. The van der Waals surface area contributed by atoms with Crippen molar-refractivity contribution < 1.29 is 0 Å². The lowest BCUT2D eigenvalue weighted by Gasteiger charge is -1.93. The molecule has 0 aliphatic heterocycles. The summed E-state index contributed by atoms with van der Waals surface area (Å²) in [6.07, 6.45) is 2.12. The lowest BCUT2D eigenvalue weighted by molar-refractivity contribution is 1.42. The van der Waals surface area contributed by atoms with E-state index in [1.165, 1.54) is 11.1 Å². The molecule has 0 N–H and O–H groups in total. The van der Waals surface area contributed by atoms with Gasteiger partial charge >= 0.3 is 0 Å². The number of hydrogen-bond acceptors (Lipinski definition) is 1. The summed E-state index contributed by atoms with van der Waals surface area (Å²) in [5.74, 6) is 1.13. The van der Waals surface area contributed by atoms with Gasteiger partial charge in [0.1, 0.15) is 0 Å². The van der Waals surface area contributed by atoms with Crippen LogP contribution in [0.5, 0.6) is 0 Å². The van der Waals surface area contributed by atoms with Crippen LogP contribution < -0.4 is 0 Å². The Labute approximate surface area is 116 Å². The Hall–Kier alpha value is -1.21. The zero-order valence-corrected chi connectivity index (χ0v) is 12.7. The summed E-state index contributed by atoms with van der Waals surface area (Å²) in [6.45, 7) is 6.08. The van der Waals surface area contributed by atoms with Gasteiger partial charge in [0, 0.05) is 5.75 Å². The van der Waals surface area contributed by atoms with Crippen LogP contribution in [0.15, 0.2) is 60.7 Å². The zero-order chi connectivity index (χ0) is 13.6. The molecule has 0 bridgehead atoms. The molecule has 0 atom stereocenters. The third-order valence-electron chi connectivity index (χ3n) is 2.09. The molecule has 0 radical (unpaired) electrons. The molecule has 0 amide bonds. The maximum atomic E-state index is 2.15. The van der Waals surface area contributed by atoms with Gasteiger partial charge in [-0.2, -0.15) is 11.8 Å². The maximum absolute atomic E-state index is 2.15. The molecule has 0 saturated carbocycles. The first-order valence-corrected chi connectivity index (χ1v) is 7.77. The Morgan fingerprint density at radius 2 is 1.22 bits per heavy atom. The van der Waals surface area contributed by atoms with E-state index in [1.807, 2.05) is 49.9 Å². The van der Waals surface area contributed by atoms with Gasteiger partial charge in [0.25, 0.3) is 0 Å². The summed E-state index contributed by atoms with van der Waals surface area (Å²) >= 11 is 1.85. The molecule has 0 aromatic heterocycles. The van der Waals surface area contributed by atoms with E-state index in [4.69, 9.17) is 0 Å². The van der Waals surface area contributed by atoms with Crippen molar-refractivity contribution >= 4 is 11.8 Å². The number of rotatable bonds is 2. The minimum atomic E-state index is 1.13. The summed E-state index contributed by atoms with van der Waals surface area (Å²) in [4.78, 5) is 0. The molecule has 1 heteroatoms. The Balaban J connectivity index is 0.000000289. The van der Waals surface area contributed by atoms with Crippen molar-refractivity contribution in [3.63, 3.8) is 0 Å². The van der Waals surface area contributed by atoms with Gasteiger partial charge in [0.05, 0.1) is 0 Å². The number of hydrogen-bond donors (Lipinski definition) is 0. The molecule has 2 aromatic rings. The molecule has 0 spiro atoms. The van der Waals surface area contributed by atoms with Gasteiger partial charge in [-0.15, -0.1) is 0 Å². The van der Waals surface area contributed by atoms with Gasteiger partial charge in [-0.1, -0.05) is 80.1 Å². The smallest absolute Gasteiger partial charge is 0.0181 e. The number of thioether (sulfide) groups is 1. The van der Waals surface area contributed by atoms with Gasteiger partial charge in [-0.05, 0) is 18.7 Å². The van der Waals surface area contributed by atoms with Crippen LogP contribution in [0.4, 0.5) is 0 Å². The monoisotopic (exact) mass is 260 g/mol. The molecule has 0 unspecified atom stereocenters. The molecule has 0 aliphatic carbocycles. The van der Waals surface area contributed by atoms with E-state index in [1.54, 1.807) is 0 Å². The Morgan fingerprint density at radius 3 is 1.56 bits per heavy atom. The third-order valence-corrected chi connectivity index (χ3v) is 2.72. The molecule has 98 valence electrons. The van der Waals surface area contributed by atoms with Crippen LogP contribution in [0, 0.1) is 6.92 Å². The average Bonchev–Trinajstić information content (AvgIpc) is 2.44. The van der Waals surface area contributed by atoms with E-state index >= 15 is 0 Å². The second-order valence-corrected chi connectivity index (χ2v) is 4.44. The maximum Gasteiger partial charge on any atom is 0.0181 e. The SMILES string of the molecule is CC.CSCc1ccccc1.Cc1ccccc1. The second-order valence-electron chi connectivity index (χ2n) is 3.57. The first-order valence-electron chi connectivity index (χ1n) is 6.37. The van der Waals surface area contributed by atoms with Crippen molar-refractivity contribution in [3.8, 4) is 0 Å². The molecule has 0 saturated heterocycles. The third kappa shape index (κ3) is 8.89. The first-order chi connectivity index (χ1) is 8.83. The standard InChI is InChI=1S/C8H10S.C7H8.C2H6/c1-9-7-8-5-3-2-4-6-8;1-7-5-3-2-4-6-7;1-2/h2-6H,7H2,1H3;2-6H,1H3;1-2H3. The van der Waals surface area contributed by atoms with Crippen molar-refractivity contribution in [2.75, 3.05) is 6.26 Å². The molecule has 2 aromatic carbocycles. The molecular formula is C17H24S. The van der Waals surface area contributed by atoms with Crippen LogP contribution in [0.2, 0.25) is 0 Å². The van der Waals surface area contributed by atoms with E-state index in [0.29, 0.717) is 0 Å². The summed E-state index contributed by atoms with van der Waals surface area (Å²) in [7, 11) is 0. The van der Waals surface area contributed by atoms with E-state index in [2.05, 4.69) is 49.6 Å². The zero-order valence-electron chi connectivity index (χ0n) is 11.9. The fourth-order valence-corrected chi connectivity index (χ4v) is 1.80. The van der Waals surface area contributed by atoms with Gasteiger partial charge in [-0.3, -0.25) is 0 Å². The molecule has 0 heterocycles. The van der Waals surface area contributed by atoms with Crippen molar-refractivity contribution in [3.05, 3.63) is 71.8 Å². The quantitative estimate of drug-likeness (QED) is 0.680. The Morgan fingerprint density at radius 1 is 0.778 bits per heavy atom. The summed E-state index contributed by atoms with van der Waals surface area (Å²) in [6, 6.07) is 20.8. The van der Waals surface area contributed by atoms with Crippen molar-refractivity contribution in [2.45, 2.75) is 26.5 Å². The van der Waals surface area contributed by atoms with Gasteiger partial charge in [0.15, 0.2) is 0 Å². The fraction of sp³-hybridized carbons (Fsp3) is 0.294. The summed E-state index contributed by atoms with van der Waals surface area (Å²) in [5.41, 5.74) is 2.73. The molecule has 0 fully saturated rings. The van der Waals surface area contributed by atoms with Gasteiger partial charge < -0.3 is 0 Å². The molecule has 18 heavy (non-hydrogen) atoms. The lowest BCUT2D eigenvalue weighted by Crippen LogP contribution is -1.74. The minimum absolute atomic E-state index is 1.13. The van der Waals surface area contributed by atoms with Crippen LogP contribution >= 0.6 is 11.8 Å². The topological polar surface area (TPSA) is 0 Å². The van der Waals surface area contributed by atoms with E-state index in [0.717, 1.165) is 5.75 Å². The Bertz CT molecular complexity index is 367. The highest BCUT2D eigenvalue weighted by Crippen LogP contribution is 2.06. The predicted molar refractivity (Wildman–Crippen MR) is 86.2 cm³/mol. The van der Waals surface area contributed by atoms with Gasteiger partial charge in [0.2, 0.25) is 0 Å². The average molecular weight is 260 g/mol. The summed E-state index contributed by atoms with van der Waals surface area (Å²) in [5, 5.41) is 0. The lowest BCUT2D eigenvalue weighted by atomic mass is 10.2. The van der Waals surface area contributed by atoms with Crippen LogP contribution in [-0.4, -0.2) is 6.26 Å². The number of aryl methyl sites for hydroxylation is 1. The van der Waals surface area contributed by atoms with Crippen LogP contribution in [0.1, 0.15) is 25.0 Å². The summed E-state index contributed by atoms with van der Waals surface area (Å²) < 4.78 is 0. The van der Waals surface area contributed by atoms with Gasteiger partial charge in [-0.25, -0.2) is 0 Å². The fourth-order valence-electron chi connectivity index (χ4n) is 1.28. The molecule has 0 nitrogen and oxygen atoms in total. The van der Waals surface area contributed by atoms with E-state index in [-0.39, 0.29) is 0 Å². The second kappa shape index (κ2) is 12.3. The van der Waals surface area contributed by atoms with Crippen molar-refractivity contribution in [1.29, 1.82) is 0 Å². The molecule has 2 rings (SSSR count). The van der Waals surface area contributed by atoms with Crippen molar-refractivity contribution in [1.82, 2.24) is 0 Å². The van der Waals surface area contributed by atoms with E-state index in [9.17, 15) is 0 Å². The normalized spacial score (nSPS) is 8.44. The number of benzene rings is 2. The van der Waals surface area contributed by atoms with Crippen LogP contribution in [0.25, 0.3) is 0 Å². The minimum Gasteiger partial charge on any atom is -0.161 e. The highest BCUT2D eigenvalue weighted by molar-refractivity contribution is 7.97. The molecule has 0 aliphatic rings. The highest BCUT2D eigenvalue weighted by atomic mass is 32.2. The Kier molecular flexibility index (Phi) is 11.4. The van der Waals surface area contributed by atoms with Crippen LogP contribution in [-0.2, 0) is 5.75 Å².